The third kappa shape index (κ3) is 2.39. The minimum absolute atomic E-state index is 0.0616. The number of hydrogen-bond acceptors (Lipinski definition) is 2. The standard InChI is InChI=1S/C9H6BrFO2/c10-6-1-2-7(8(11)5-6)9(13)3-4-12/h1-5,12H/b4-3+. The van der Waals surface area contributed by atoms with E-state index in [0.29, 0.717) is 10.7 Å². The molecule has 0 atom stereocenters. The van der Waals surface area contributed by atoms with Gasteiger partial charge in [-0.15, -0.1) is 0 Å². The molecule has 1 aromatic carbocycles. The molecule has 0 aliphatic carbocycles. The summed E-state index contributed by atoms with van der Waals surface area (Å²) >= 11 is 3.07. The minimum atomic E-state index is -0.613. The van der Waals surface area contributed by atoms with Crippen molar-refractivity contribution in [1.29, 1.82) is 0 Å². The summed E-state index contributed by atoms with van der Waals surface area (Å²) < 4.78 is 13.6. The number of aliphatic hydroxyl groups is 1. The van der Waals surface area contributed by atoms with Gasteiger partial charge in [-0.25, -0.2) is 4.39 Å². The third-order valence-corrected chi connectivity index (χ3v) is 1.92. The number of aliphatic hydroxyl groups excluding tert-OH is 1. The maximum atomic E-state index is 13.1. The van der Waals surface area contributed by atoms with Crippen molar-refractivity contribution in [2.24, 2.45) is 0 Å². The second kappa shape index (κ2) is 4.18. The number of benzene rings is 1. The van der Waals surface area contributed by atoms with Gasteiger partial charge >= 0.3 is 0 Å². The van der Waals surface area contributed by atoms with Crippen LogP contribution in [0, 0.1) is 5.82 Å². The second-order valence-electron chi connectivity index (χ2n) is 2.30. The summed E-state index contributed by atoms with van der Waals surface area (Å²) in [6.07, 6.45) is 1.48. The first kappa shape index (κ1) is 9.92. The summed E-state index contributed by atoms with van der Waals surface area (Å²) in [5.41, 5.74) is -0.0616. The van der Waals surface area contributed by atoms with Crippen LogP contribution < -0.4 is 0 Å². The summed E-state index contributed by atoms with van der Waals surface area (Å²) in [4.78, 5) is 11.1. The first-order valence-electron chi connectivity index (χ1n) is 3.45. The minimum Gasteiger partial charge on any atom is -0.515 e. The van der Waals surface area contributed by atoms with Crippen LogP contribution in [0.2, 0.25) is 0 Å². The zero-order valence-corrected chi connectivity index (χ0v) is 8.08. The van der Waals surface area contributed by atoms with Crippen molar-refractivity contribution < 1.29 is 14.3 Å². The number of rotatable bonds is 2. The molecular weight excluding hydrogens is 239 g/mol. The maximum Gasteiger partial charge on any atom is 0.191 e. The van der Waals surface area contributed by atoms with Crippen molar-refractivity contribution in [1.82, 2.24) is 0 Å². The van der Waals surface area contributed by atoms with E-state index < -0.39 is 11.6 Å². The fourth-order valence-electron chi connectivity index (χ4n) is 0.847. The van der Waals surface area contributed by atoms with Crippen molar-refractivity contribution in [2.45, 2.75) is 0 Å². The first-order valence-corrected chi connectivity index (χ1v) is 4.24. The van der Waals surface area contributed by atoms with Gasteiger partial charge in [-0.3, -0.25) is 4.79 Å². The summed E-state index contributed by atoms with van der Waals surface area (Å²) in [5.74, 6) is -1.18. The average molecular weight is 245 g/mol. The van der Waals surface area contributed by atoms with E-state index in [1.807, 2.05) is 0 Å². The van der Waals surface area contributed by atoms with E-state index in [2.05, 4.69) is 15.9 Å². The molecule has 0 saturated heterocycles. The van der Waals surface area contributed by atoms with E-state index in [1.54, 1.807) is 6.07 Å². The van der Waals surface area contributed by atoms with Gasteiger partial charge in [0.25, 0.3) is 0 Å². The lowest BCUT2D eigenvalue weighted by molar-refractivity contribution is 0.104. The van der Waals surface area contributed by atoms with Crippen LogP contribution in [0.1, 0.15) is 10.4 Å². The summed E-state index contributed by atoms with van der Waals surface area (Å²) in [5, 5.41) is 8.31. The van der Waals surface area contributed by atoms with Gasteiger partial charge in [-0.1, -0.05) is 15.9 Å². The van der Waals surface area contributed by atoms with E-state index in [-0.39, 0.29) is 5.56 Å². The molecular formula is C9H6BrFO2. The fourth-order valence-corrected chi connectivity index (χ4v) is 1.18. The average Bonchev–Trinajstić information content (AvgIpc) is 2.04. The number of ketones is 1. The molecule has 0 aromatic heterocycles. The molecule has 0 unspecified atom stereocenters. The van der Waals surface area contributed by atoms with Crippen molar-refractivity contribution in [3.63, 3.8) is 0 Å². The van der Waals surface area contributed by atoms with Gasteiger partial charge in [0.2, 0.25) is 0 Å². The van der Waals surface area contributed by atoms with Crippen molar-refractivity contribution in [3.05, 3.63) is 46.4 Å². The van der Waals surface area contributed by atoms with Crippen LogP contribution in [0.3, 0.4) is 0 Å². The van der Waals surface area contributed by atoms with Crippen LogP contribution in [-0.2, 0) is 0 Å². The van der Waals surface area contributed by atoms with Crippen molar-refractivity contribution >= 4 is 21.7 Å². The smallest absolute Gasteiger partial charge is 0.191 e. The van der Waals surface area contributed by atoms with Crippen molar-refractivity contribution in [3.8, 4) is 0 Å². The van der Waals surface area contributed by atoms with Crippen LogP contribution in [-0.4, -0.2) is 10.9 Å². The molecule has 68 valence electrons. The zero-order valence-electron chi connectivity index (χ0n) is 6.50. The van der Waals surface area contributed by atoms with E-state index in [1.165, 1.54) is 12.1 Å². The van der Waals surface area contributed by atoms with Gasteiger partial charge in [0, 0.05) is 10.5 Å². The highest BCUT2D eigenvalue weighted by molar-refractivity contribution is 9.10. The van der Waals surface area contributed by atoms with Crippen LogP contribution in [0.4, 0.5) is 4.39 Å². The van der Waals surface area contributed by atoms with Crippen LogP contribution in [0.5, 0.6) is 0 Å². The molecule has 0 aliphatic rings. The van der Waals surface area contributed by atoms with E-state index in [0.717, 1.165) is 6.08 Å². The van der Waals surface area contributed by atoms with Crippen LogP contribution >= 0.6 is 15.9 Å². The van der Waals surface area contributed by atoms with Crippen LogP contribution in [0.15, 0.2) is 35.0 Å². The molecule has 4 heteroatoms. The van der Waals surface area contributed by atoms with Gasteiger partial charge in [0.05, 0.1) is 11.8 Å². The number of hydrogen-bond donors (Lipinski definition) is 1. The molecule has 0 aliphatic heterocycles. The number of allylic oxidation sites excluding steroid dienone is 1. The normalized spacial score (nSPS) is 10.6. The zero-order chi connectivity index (χ0) is 9.84. The molecule has 2 nitrogen and oxygen atoms in total. The number of carbonyl (C=O) groups excluding carboxylic acids is 1. The van der Waals surface area contributed by atoms with Crippen LogP contribution in [0.25, 0.3) is 0 Å². The number of halogens is 2. The fraction of sp³-hybridized carbons (Fsp3) is 0. The highest BCUT2D eigenvalue weighted by Crippen LogP contribution is 2.15. The second-order valence-corrected chi connectivity index (χ2v) is 3.22. The topological polar surface area (TPSA) is 37.3 Å². The molecule has 1 N–H and O–H groups in total. The largest absolute Gasteiger partial charge is 0.515 e. The molecule has 1 rings (SSSR count). The van der Waals surface area contributed by atoms with Gasteiger partial charge < -0.3 is 5.11 Å². The van der Waals surface area contributed by atoms with Gasteiger partial charge in [-0.05, 0) is 18.2 Å². The van der Waals surface area contributed by atoms with Gasteiger partial charge in [0.15, 0.2) is 5.78 Å². The Morgan fingerprint density at radius 1 is 1.54 bits per heavy atom. The predicted octanol–water partition coefficient (Wildman–Crippen LogP) is 2.84. The molecule has 1 aromatic rings. The molecule has 0 spiro atoms. The Labute approximate surface area is 82.8 Å². The highest BCUT2D eigenvalue weighted by atomic mass is 79.9. The Morgan fingerprint density at radius 3 is 2.77 bits per heavy atom. The van der Waals surface area contributed by atoms with Gasteiger partial charge in [-0.2, -0.15) is 0 Å². The molecule has 0 radical (unpaired) electrons. The third-order valence-electron chi connectivity index (χ3n) is 1.42. The van der Waals surface area contributed by atoms with E-state index in [9.17, 15) is 9.18 Å². The van der Waals surface area contributed by atoms with E-state index in [4.69, 9.17) is 5.11 Å². The Kier molecular flexibility index (Phi) is 3.19. The lowest BCUT2D eigenvalue weighted by Crippen LogP contribution is -1.98. The highest BCUT2D eigenvalue weighted by Gasteiger charge is 2.08. The molecule has 0 heterocycles. The predicted molar refractivity (Wildman–Crippen MR) is 50.2 cm³/mol. The lowest BCUT2D eigenvalue weighted by atomic mass is 10.1. The van der Waals surface area contributed by atoms with Crippen molar-refractivity contribution in [2.75, 3.05) is 0 Å². The molecule has 0 bridgehead atoms. The lowest BCUT2D eigenvalue weighted by Gasteiger charge is -1.98. The molecule has 13 heavy (non-hydrogen) atoms. The molecule has 0 fully saturated rings. The Balaban J connectivity index is 3.09. The summed E-state index contributed by atoms with van der Waals surface area (Å²) in [6.45, 7) is 0. The monoisotopic (exact) mass is 244 g/mol. The SMILES string of the molecule is O=C(/C=C/O)c1ccc(Br)cc1F. The maximum absolute atomic E-state index is 13.1. The Bertz CT molecular complexity index is 361. The van der Waals surface area contributed by atoms with Gasteiger partial charge in [0.1, 0.15) is 5.82 Å². The Hall–Kier alpha value is -1.16. The summed E-state index contributed by atoms with van der Waals surface area (Å²) in [7, 11) is 0. The first-order chi connectivity index (χ1) is 6.15. The number of carbonyl (C=O) groups is 1. The molecule has 0 saturated carbocycles. The molecule has 0 amide bonds. The quantitative estimate of drug-likeness (QED) is 0.494. The van der Waals surface area contributed by atoms with E-state index >= 15 is 0 Å². The Morgan fingerprint density at radius 2 is 2.23 bits per heavy atom. The summed E-state index contributed by atoms with van der Waals surface area (Å²) in [6, 6.07) is 4.10.